The Bertz CT molecular complexity index is 2020. The summed E-state index contributed by atoms with van der Waals surface area (Å²) in [6.45, 7) is 16.7. The summed E-state index contributed by atoms with van der Waals surface area (Å²) in [5.74, 6) is 1.68. The van der Waals surface area contributed by atoms with Gasteiger partial charge in [-0.3, -0.25) is 14.7 Å². The quantitative estimate of drug-likeness (QED) is 0.0268. The van der Waals surface area contributed by atoms with Crippen LogP contribution in [0.25, 0.3) is 10.4 Å². The molecule has 1 aromatic carbocycles. The molecule has 0 aliphatic carbocycles. The van der Waals surface area contributed by atoms with E-state index in [1.165, 1.54) is 17.5 Å². The number of aromatic nitrogens is 3. The smallest absolute Gasteiger partial charge is 0.267 e. The van der Waals surface area contributed by atoms with Gasteiger partial charge in [0, 0.05) is 56.4 Å². The maximum atomic E-state index is 12.9. The van der Waals surface area contributed by atoms with Crippen molar-refractivity contribution in [3.63, 3.8) is 0 Å². The van der Waals surface area contributed by atoms with Gasteiger partial charge in [-0.25, -0.2) is 15.0 Å². The number of hydrogen-bond acceptors (Lipinski definition) is 22. The van der Waals surface area contributed by atoms with E-state index in [2.05, 4.69) is 56.4 Å². The highest BCUT2D eigenvalue weighted by Crippen LogP contribution is 2.31. The summed E-state index contributed by atoms with van der Waals surface area (Å²) in [7, 11) is 0. The van der Waals surface area contributed by atoms with Crippen molar-refractivity contribution >= 4 is 62.9 Å². The Morgan fingerprint density at radius 2 is 1.28 bits per heavy atom. The number of rotatable bonds is 40. The van der Waals surface area contributed by atoms with Gasteiger partial charge in [0.1, 0.15) is 22.3 Å². The number of carbonyl (C=O) groups excluding carboxylic acids is 1. The molecule has 0 atom stereocenters. The van der Waals surface area contributed by atoms with Crippen molar-refractivity contribution in [2.45, 2.75) is 6.92 Å². The fourth-order valence-corrected chi connectivity index (χ4v) is 7.67. The number of hydrogen-bond donors (Lipinski definition) is 4. The minimum Gasteiger partial charge on any atom is -0.379 e. The Balaban J connectivity index is 0.771. The van der Waals surface area contributed by atoms with Crippen molar-refractivity contribution in [1.29, 1.82) is 0 Å². The van der Waals surface area contributed by atoms with Crippen LogP contribution in [0.3, 0.4) is 0 Å². The second kappa shape index (κ2) is 35.8. The van der Waals surface area contributed by atoms with Gasteiger partial charge in [0.25, 0.3) is 5.91 Å². The van der Waals surface area contributed by atoms with E-state index in [0.29, 0.717) is 183 Å². The van der Waals surface area contributed by atoms with Crippen LogP contribution in [0.5, 0.6) is 0 Å². The third-order valence-corrected chi connectivity index (χ3v) is 11.6. The molecule has 3 aromatic rings. The second-order valence-electron chi connectivity index (χ2n) is 15.3. The molecule has 0 unspecified atom stereocenters. The van der Waals surface area contributed by atoms with E-state index in [1.54, 1.807) is 18.2 Å². The zero-order valence-electron chi connectivity index (χ0n) is 40.2. The van der Waals surface area contributed by atoms with E-state index in [-0.39, 0.29) is 5.91 Å². The Labute approximate surface area is 428 Å². The molecule has 2 aliphatic rings. The number of benzene rings is 1. The van der Waals surface area contributed by atoms with Gasteiger partial charge in [0.15, 0.2) is 5.13 Å². The van der Waals surface area contributed by atoms with Crippen LogP contribution in [0.2, 0.25) is 10.0 Å². The molecule has 71 heavy (non-hydrogen) atoms. The number of halogens is 2. The summed E-state index contributed by atoms with van der Waals surface area (Å²) >= 11 is 13.6. The molecule has 24 nitrogen and oxygen atoms in total. The predicted molar refractivity (Wildman–Crippen MR) is 268 cm³/mol. The number of carbonyl (C=O) groups is 1. The topological polar surface area (TPSA) is 255 Å². The first-order valence-electron chi connectivity index (χ1n) is 23.5. The van der Waals surface area contributed by atoms with Gasteiger partial charge in [-0.1, -0.05) is 45.7 Å². The van der Waals surface area contributed by atoms with Crippen molar-refractivity contribution in [1.82, 2.24) is 35.8 Å². The molecule has 1 saturated heterocycles. The number of nitrogens with one attached hydrogen (secondary N) is 4. The highest BCUT2D eigenvalue weighted by molar-refractivity contribution is 7.17. The number of amides is 1. The molecular weight excluding hydrogens is 990 g/mol. The lowest BCUT2D eigenvalue weighted by molar-refractivity contribution is -0.0251. The molecule has 4 N–H and O–H groups in total. The van der Waals surface area contributed by atoms with Gasteiger partial charge in [-0.05, 0) is 24.6 Å². The molecule has 2 aromatic heterocycles. The first-order chi connectivity index (χ1) is 34.9. The first kappa shape index (κ1) is 57.6. The third-order valence-electron chi connectivity index (χ3n) is 10.0. The van der Waals surface area contributed by atoms with Crippen molar-refractivity contribution in [2.24, 2.45) is 5.11 Å². The molecular formula is C44H67Cl2N13O11S. The van der Waals surface area contributed by atoms with E-state index >= 15 is 0 Å². The van der Waals surface area contributed by atoms with Crippen LogP contribution in [-0.2, 0) is 47.4 Å². The molecule has 0 saturated carbocycles. The van der Waals surface area contributed by atoms with Crippen molar-refractivity contribution in [3.05, 3.63) is 73.5 Å². The number of aryl methyl sites for hydroxylation is 1. The first-order valence-corrected chi connectivity index (χ1v) is 25.0. The Morgan fingerprint density at radius 3 is 1.85 bits per heavy atom. The Morgan fingerprint density at radius 1 is 0.746 bits per heavy atom. The number of nitrogens with zero attached hydrogens (tertiary/aromatic N) is 9. The van der Waals surface area contributed by atoms with Crippen molar-refractivity contribution in [2.75, 3.05) is 193 Å². The van der Waals surface area contributed by atoms with Gasteiger partial charge >= 0.3 is 0 Å². The number of para-hydroxylation sites is 1. The van der Waals surface area contributed by atoms with Gasteiger partial charge < -0.3 is 68.3 Å². The maximum absolute atomic E-state index is 12.9. The molecule has 0 bridgehead atoms. The molecule has 27 heteroatoms. The maximum Gasteiger partial charge on any atom is 0.267 e. The van der Waals surface area contributed by atoms with Crippen molar-refractivity contribution in [3.8, 4) is 0 Å². The largest absolute Gasteiger partial charge is 0.379 e. The number of ether oxygens (including phenoxy) is 10. The van der Waals surface area contributed by atoms with Crippen LogP contribution in [0.4, 0.5) is 22.5 Å². The van der Waals surface area contributed by atoms with Crippen LogP contribution in [-0.4, -0.2) is 209 Å². The molecule has 5 rings (SSSR count). The second-order valence-corrected chi connectivity index (χ2v) is 17.1. The minimum absolute atomic E-state index is 0.320. The number of anilines is 4. The zero-order valence-corrected chi connectivity index (χ0v) is 42.6. The molecule has 4 heterocycles. The van der Waals surface area contributed by atoms with Crippen molar-refractivity contribution < 1.29 is 52.2 Å². The zero-order chi connectivity index (χ0) is 50.0. The molecule has 1 fully saturated rings. The van der Waals surface area contributed by atoms with Crippen LogP contribution in [0, 0.1) is 6.92 Å². The monoisotopic (exact) mass is 1060 g/mol. The normalized spacial score (nSPS) is 13.9. The van der Waals surface area contributed by atoms with Crippen LogP contribution < -0.4 is 26.5 Å². The summed E-state index contributed by atoms with van der Waals surface area (Å²) in [4.78, 5) is 34.1. The van der Waals surface area contributed by atoms with Gasteiger partial charge in [-0.15, -0.1) is 5.53 Å². The average molecular weight is 1060 g/mol. The molecule has 1 amide bonds. The fraction of sp³-hybridized carbons (Fsp3) is 0.636. The average Bonchev–Trinajstić information content (AvgIpc) is 4.04. The van der Waals surface area contributed by atoms with E-state index in [4.69, 9.17) is 76.1 Å². The lowest BCUT2D eigenvalue weighted by Gasteiger charge is -2.35. The molecule has 2 aliphatic heterocycles. The standard InChI is InChI=1S/C44H67Cl2N13O11S/c1-35-50-40(52-44-48-32-39(71-44)43(60)53-42-37(45)3-2-4-38(42)46)31-41(51-35)58-8-6-57(7-9-58)10-13-70-34-36-33-59(56-54-36)11-14-62-16-18-64-20-22-66-24-26-68-28-30-69-29-27-67-25-23-65-21-19-63-17-15-61-12-5-49-55-47/h2-4,31-33,54,56H,5-30,34H2,1H3,(H,53,60)(H,48,50,51,52). The highest BCUT2D eigenvalue weighted by atomic mass is 35.5. The fourth-order valence-electron chi connectivity index (χ4n) is 6.46. The summed E-state index contributed by atoms with van der Waals surface area (Å²) < 4.78 is 55.4. The van der Waals surface area contributed by atoms with Crippen LogP contribution in [0.15, 0.2) is 47.5 Å². The summed E-state index contributed by atoms with van der Waals surface area (Å²) in [5.41, 5.74) is 15.7. The Kier molecular flexibility index (Phi) is 29.1. The Hall–Kier alpha value is -4.25. The lowest BCUT2D eigenvalue weighted by atomic mass is 10.3. The number of thiazole rings is 1. The van der Waals surface area contributed by atoms with Gasteiger partial charge in [0.05, 0.1) is 166 Å². The predicted octanol–water partition coefficient (Wildman–Crippen LogP) is 4.31. The van der Waals surface area contributed by atoms with Crippen LogP contribution >= 0.6 is 34.5 Å². The minimum atomic E-state index is -0.362. The number of azide groups is 1. The van der Waals surface area contributed by atoms with Gasteiger partial charge in [-0.2, -0.15) is 0 Å². The lowest BCUT2D eigenvalue weighted by Crippen LogP contribution is -2.47. The van der Waals surface area contributed by atoms with E-state index < -0.39 is 0 Å². The van der Waals surface area contributed by atoms with Crippen LogP contribution in [0.1, 0.15) is 15.5 Å². The van der Waals surface area contributed by atoms with E-state index in [9.17, 15) is 4.79 Å². The third kappa shape index (κ3) is 24.4. The summed E-state index contributed by atoms with van der Waals surface area (Å²) in [5, 5.41) is 12.5. The molecule has 0 spiro atoms. The SMILES string of the molecule is Cc1nc(Nc2ncc(C(=O)Nc3c(Cl)cccc3Cl)s2)cc(N2CCN(CCOCC3=CN(CCOCCOCCOCCOCCOCCOCCOCCOCCOCCN=[N+]=[N-])NN3)CC2)n1. The molecule has 0 radical (unpaired) electrons. The number of hydrazine groups is 2. The number of piperazine rings is 1. The van der Waals surface area contributed by atoms with Gasteiger partial charge in [0.2, 0.25) is 0 Å². The molecule has 394 valence electrons. The van der Waals surface area contributed by atoms with E-state index in [0.717, 1.165) is 44.2 Å². The highest BCUT2D eigenvalue weighted by Gasteiger charge is 2.20. The summed E-state index contributed by atoms with van der Waals surface area (Å²) in [6, 6.07) is 6.93. The van der Waals surface area contributed by atoms with E-state index in [1.807, 2.05) is 24.2 Å². The summed E-state index contributed by atoms with van der Waals surface area (Å²) in [6.07, 6.45) is 3.48.